The fourth-order valence-electron chi connectivity index (χ4n) is 2.15. The zero-order valence-electron chi connectivity index (χ0n) is 12.2. The van der Waals surface area contributed by atoms with E-state index < -0.39 is 9.85 Å². The third-order valence-corrected chi connectivity index (χ3v) is 4.93. The molecule has 25 heavy (non-hydrogen) atoms. The highest BCUT2D eigenvalue weighted by atomic mass is 35.5. The van der Waals surface area contributed by atoms with Gasteiger partial charge >= 0.3 is 0 Å². The van der Waals surface area contributed by atoms with Crippen LogP contribution in [0.5, 0.6) is 0 Å². The molecule has 0 bridgehead atoms. The number of benzene rings is 2. The van der Waals surface area contributed by atoms with E-state index in [4.69, 9.17) is 23.2 Å². The van der Waals surface area contributed by atoms with Gasteiger partial charge in [0.05, 0.1) is 37.0 Å². The summed E-state index contributed by atoms with van der Waals surface area (Å²) in [4.78, 5) is 27.9. The molecule has 0 amide bonds. The summed E-state index contributed by atoms with van der Waals surface area (Å²) in [7, 11) is 0. The number of nitro benzene ring substituents is 2. The largest absolute Gasteiger partial charge is 0.333 e. The normalized spacial score (nSPS) is 11.0. The van der Waals surface area contributed by atoms with Gasteiger partial charge in [0.2, 0.25) is 0 Å². The fraction of sp³-hybridized carbons (Fsp3) is 0.0714. The maximum absolute atomic E-state index is 10.9. The molecule has 11 heteroatoms. The van der Waals surface area contributed by atoms with Gasteiger partial charge in [-0.1, -0.05) is 35.0 Å². The number of hydrogen-bond acceptors (Lipinski definition) is 6. The maximum Gasteiger partial charge on any atom is 0.276 e. The van der Waals surface area contributed by atoms with Crippen LogP contribution in [0.4, 0.5) is 11.4 Å². The number of nitro groups is 2. The summed E-state index contributed by atoms with van der Waals surface area (Å²) in [5.41, 5.74) is 1.12. The summed E-state index contributed by atoms with van der Waals surface area (Å²) in [6.45, 7) is 0. The van der Waals surface area contributed by atoms with Gasteiger partial charge in [-0.05, 0) is 17.7 Å². The SMILES string of the molecule is O=[N+]([O-])c1cc(CSc2nc3cc(Cl)c(Cl)cc3[nH]2)cc([N+](=O)[O-])c1. The Morgan fingerprint density at radius 3 is 2.20 bits per heavy atom. The molecule has 128 valence electrons. The van der Waals surface area contributed by atoms with E-state index in [1.807, 2.05) is 0 Å². The van der Waals surface area contributed by atoms with Crippen LogP contribution in [0.3, 0.4) is 0 Å². The molecule has 2 aromatic carbocycles. The zero-order valence-corrected chi connectivity index (χ0v) is 14.6. The molecule has 1 aromatic heterocycles. The fourth-order valence-corrected chi connectivity index (χ4v) is 3.29. The van der Waals surface area contributed by atoms with Crippen molar-refractivity contribution in [2.75, 3.05) is 0 Å². The number of nitrogens with zero attached hydrogens (tertiary/aromatic N) is 3. The van der Waals surface area contributed by atoms with Gasteiger partial charge in [-0.25, -0.2) is 4.98 Å². The third kappa shape index (κ3) is 3.84. The van der Waals surface area contributed by atoms with Gasteiger partial charge in [0.1, 0.15) is 0 Å². The maximum atomic E-state index is 10.9. The molecule has 0 radical (unpaired) electrons. The first-order chi connectivity index (χ1) is 11.8. The molecule has 0 saturated heterocycles. The Bertz CT molecular complexity index is 937. The van der Waals surface area contributed by atoms with Crippen molar-refractivity contribution < 1.29 is 9.85 Å². The summed E-state index contributed by atoms with van der Waals surface area (Å²) in [5.74, 6) is 0.268. The third-order valence-electron chi connectivity index (χ3n) is 3.26. The van der Waals surface area contributed by atoms with E-state index in [0.717, 1.165) is 6.07 Å². The van der Waals surface area contributed by atoms with E-state index in [-0.39, 0.29) is 17.1 Å². The molecule has 0 atom stereocenters. The number of fused-ring (bicyclic) bond motifs is 1. The highest BCUT2D eigenvalue weighted by Crippen LogP contribution is 2.31. The van der Waals surface area contributed by atoms with Gasteiger partial charge in [-0.3, -0.25) is 20.2 Å². The summed E-state index contributed by atoms with van der Waals surface area (Å²) >= 11 is 13.1. The number of thioether (sulfide) groups is 1. The van der Waals surface area contributed by atoms with Crippen molar-refractivity contribution in [2.45, 2.75) is 10.9 Å². The van der Waals surface area contributed by atoms with Crippen LogP contribution in [0.15, 0.2) is 35.5 Å². The predicted octanol–water partition coefficient (Wildman–Crippen LogP) is 4.98. The molecule has 0 spiro atoms. The van der Waals surface area contributed by atoms with Crippen molar-refractivity contribution >= 4 is 57.4 Å². The number of rotatable bonds is 5. The smallest absolute Gasteiger partial charge is 0.276 e. The van der Waals surface area contributed by atoms with Crippen molar-refractivity contribution in [3.8, 4) is 0 Å². The van der Waals surface area contributed by atoms with Crippen LogP contribution >= 0.6 is 35.0 Å². The molecule has 8 nitrogen and oxygen atoms in total. The Morgan fingerprint density at radius 1 is 1.00 bits per heavy atom. The number of non-ortho nitro benzene ring substituents is 2. The van der Waals surface area contributed by atoms with Crippen LogP contribution in [0, 0.1) is 20.2 Å². The molecule has 0 unspecified atom stereocenters. The number of halogens is 2. The minimum absolute atomic E-state index is 0.268. The van der Waals surface area contributed by atoms with Crippen LogP contribution in [0.1, 0.15) is 5.56 Å². The average Bonchev–Trinajstić information content (AvgIpc) is 2.94. The van der Waals surface area contributed by atoms with Crippen LogP contribution < -0.4 is 0 Å². The molecule has 0 fully saturated rings. The van der Waals surface area contributed by atoms with E-state index in [9.17, 15) is 20.2 Å². The molecule has 0 saturated carbocycles. The van der Waals surface area contributed by atoms with E-state index >= 15 is 0 Å². The first-order valence-corrected chi connectivity index (χ1v) is 8.48. The Balaban J connectivity index is 1.85. The Hall–Kier alpha value is -2.36. The first-order valence-electron chi connectivity index (χ1n) is 6.74. The molecule has 3 rings (SSSR count). The quantitative estimate of drug-likeness (QED) is 0.368. The van der Waals surface area contributed by atoms with E-state index in [1.165, 1.54) is 23.9 Å². The molecule has 3 aromatic rings. The number of aromatic nitrogens is 2. The van der Waals surface area contributed by atoms with E-state index in [1.54, 1.807) is 12.1 Å². The lowest BCUT2D eigenvalue weighted by Crippen LogP contribution is -1.95. The van der Waals surface area contributed by atoms with Crippen LogP contribution in [-0.4, -0.2) is 19.8 Å². The summed E-state index contributed by atoms with van der Waals surface area (Å²) < 4.78 is 0. The second kappa shape index (κ2) is 6.87. The number of nitrogens with one attached hydrogen (secondary N) is 1. The van der Waals surface area contributed by atoms with Gasteiger partial charge in [-0.2, -0.15) is 0 Å². The Labute approximate surface area is 154 Å². The monoisotopic (exact) mass is 398 g/mol. The highest BCUT2D eigenvalue weighted by Gasteiger charge is 2.17. The van der Waals surface area contributed by atoms with Gasteiger partial charge in [-0.15, -0.1) is 0 Å². The lowest BCUT2D eigenvalue weighted by molar-refractivity contribution is -0.394. The minimum Gasteiger partial charge on any atom is -0.333 e. The Morgan fingerprint density at radius 2 is 1.60 bits per heavy atom. The van der Waals surface area contributed by atoms with Crippen molar-refractivity contribution in [1.29, 1.82) is 0 Å². The first kappa shape index (κ1) is 17.5. The van der Waals surface area contributed by atoms with Crippen LogP contribution in [-0.2, 0) is 5.75 Å². The number of aromatic amines is 1. The molecule has 0 aliphatic rings. The van der Waals surface area contributed by atoms with Crippen LogP contribution in [0.25, 0.3) is 11.0 Å². The lowest BCUT2D eigenvalue weighted by atomic mass is 10.2. The summed E-state index contributed by atoms with van der Waals surface area (Å²) in [5, 5.41) is 23.1. The van der Waals surface area contributed by atoms with Crippen LogP contribution in [0.2, 0.25) is 10.0 Å². The number of hydrogen-bond donors (Lipinski definition) is 1. The van der Waals surface area contributed by atoms with Crippen molar-refractivity contribution in [1.82, 2.24) is 9.97 Å². The summed E-state index contributed by atoms with van der Waals surface area (Å²) in [6.07, 6.45) is 0. The minimum atomic E-state index is -0.660. The van der Waals surface area contributed by atoms with E-state index in [0.29, 0.717) is 31.8 Å². The van der Waals surface area contributed by atoms with E-state index in [2.05, 4.69) is 9.97 Å². The van der Waals surface area contributed by atoms with Gasteiger partial charge in [0.15, 0.2) is 5.16 Å². The molecular formula is C14H8Cl2N4O4S. The van der Waals surface area contributed by atoms with Gasteiger partial charge in [0, 0.05) is 17.9 Å². The van der Waals surface area contributed by atoms with Crippen molar-refractivity contribution in [2.24, 2.45) is 0 Å². The standard InChI is InChI=1S/C14H8Cl2N4O4S/c15-10-4-12-13(5-11(10)16)18-14(17-12)25-6-7-1-8(19(21)22)3-9(2-7)20(23)24/h1-5H,6H2,(H,17,18). The lowest BCUT2D eigenvalue weighted by Gasteiger charge is -2.00. The van der Waals surface area contributed by atoms with Crippen molar-refractivity contribution in [3.63, 3.8) is 0 Å². The predicted molar refractivity (Wildman–Crippen MR) is 95.4 cm³/mol. The number of H-pyrrole nitrogens is 1. The number of imidazole rings is 1. The van der Waals surface area contributed by atoms with Gasteiger partial charge < -0.3 is 4.98 Å². The molecular weight excluding hydrogens is 391 g/mol. The van der Waals surface area contributed by atoms with Crippen molar-refractivity contribution in [3.05, 3.63) is 66.2 Å². The summed E-state index contributed by atoms with van der Waals surface area (Å²) in [6, 6.07) is 6.80. The molecule has 0 aliphatic heterocycles. The molecule has 1 heterocycles. The average molecular weight is 399 g/mol. The molecule has 0 aliphatic carbocycles. The highest BCUT2D eigenvalue weighted by molar-refractivity contribution is 7.98. The second-order valence-electron chi connectivity index (χ2n) is 4.99. The Kier molecular flexibility index (Phi) is 4.80. The van der Waals surface area contributed by atoms with Gasteiger partial charge in [0.25, 0.3) is 11.4 Å². The topological polar surface area (TPSA) is 115 Å². The molecule has 1 N–H and O–H groups in total. The zero-order chi connectivity index (χ0) is 18.1. The second-order valence-corrected chi connectivity index (χ2v) is 6.76.